The maximum Gasteiger partial charge on any atom is 0.308 e. The van der Waals surface area contributed by atoms with Gasteiger partial charge in [-0.3, -0.25) is 19.8 Å². The van der Waals surface area contributed by atoms with E-state index in [-0.39, 0.29) is 12.5 Å². The summed E-state index contributed by atoms with van der Waals surface area (Å²) in [5.41, 5.74) is 6.02. The van der Waals surface area contributed by atoms with Gasteiger partial charge in [-0.15, -0.1) is 0 Å². The number of carbonyl (C=O) groups is 3. The molecule has 9 nitrogen and oxygen atoms in total. The molecule has 9 heteroatoms. The largest absolute Gasteiger partial charge is 0.481 e. The van der Waals surface area contributed by atoms with E-state index in [0.29, 0.717) is 24.1 Å². The summed E-state index contributed by atoms with van der Waals surface area (Å²) < 4.78 is 0. The van der Waals surface area contributed by atoms with E-state index in [0.717, 1.165) is 0 Å². The highest BCUT2D eigenvalue weighted by molar-refractivity contribution is 5.98. The topological polar surface area (TPSA) is 157 Å². The van der Waals surface area contributed by atoms with Crippen LogP contribution in [0.15, 0.2) is 24.3 Å². The number of rotatable bonds is 9. The van der Waals surface area contributed by atoms with E-state index in [1.54, 1.807) is 32.0 Å². The fourth-order valence-corrected chi connectivity index (χ4v) is 2.53. The molecular formula is C17H25N5O4. The first-order valence-corrected chi connectivity index (χ1v) is 8.29. The van der Waals surface area contributed by atoms with Gasteiger partial charge in [0.1, 0.15) is 0 Å². The Labute approximate surface area is 151 Å². The summed E-state index contributed by atoms with van der Waals surface area (Å²) in [7, 11) is 0. The van der Waals surface area contributed by atoms with Gasteiger partial charge in [0.25, 0.3) is 5.91 Å². The summed E-state index contributed by atoms with van der Waals surface area (Å²) in [4.78, 5) is 35.4. The second kappa shape index (κ2) is 10.0. The molecule has 0 fully saturated rings. The van der Waals surface area contributed by atoms with Crippen molar-refractivity contribution in [3.05, 3.63) is 29.8 Å². The van der Waals surface area contributed by atoms with Crippen molar-refractivity contribution in [2.45, 2.75) is 32.7 Å². The molecule has 2 unspecified atom stereocenters. The summed E-state index contributed by atoms with van der Waals surface area (Å²) >= 11 is 0. The van der Waals surface area contributed by atoms with Gasteiger partial charge < -0.3 is 26.8 Å². The molecule has 0 bridgehead atoms. The molecular weight excluding hydrogens is 338 g/mol. The van der Waals surface area contributed by atoms with Gasteiger partial charge in [0.05, 0.1) is 12.5 Å². The van der Waals surface area contributed by atoms with Crippen LogP contribution in [0.4, 0.5) is 5.69 Å². The summed E-state index contributed by atoms with van der Waals surface area (Å²) in [6.45, 7) is 3.27. The predicted octanol–water partition coefficient (Wildman–Crippen LogP) is 0.727. The first-order chi connectivity index (χ1) is 12.3. The molecule has 2 amide bonds. The van der Waals surface area contributed by atoms with Gasteiger partial charge in [0.15, 0.2) is 5.96 Å². The van der Waals surface area contributed by atoms with E-state index in [4.69, 9.17) is 11.1 Å². The summed E-state index contributed by atoms with van der Waals surface area (Å²) in [6.07, 6.45) is 0.875. The molecule has 0 aliphatic carbocycles. The lowest BCUT2D eigenvalue weighted by molar-refractivity contribution is -0.143. The molecule has 1 rings (SSSR count). The van der Waals surface area contributed by atoms with Crippen molar-refractivity contribution in [3.63, 3.8) is 0 Å². The maximum atomic E-state index is 12.1. The van der Waals surface area contributed by atoms with Crippen LogP contribution in [-0.4, -0.2) is 41.4 Å². The minimum atomic E-state index is -0.960. The molecule has 7 N–H and O–H groups in total. The summed E-state index contributed by atoms with van der Waals surface area (Å²) in [6, 6.07) is 5.83. The number of hydrogen-bond acceptors (Lipinski definition) is 4. The highest BCUT2D eigenvalue weighted by Gasteiger charge is 2.26. The van der Waals surface area contributed by atoms with Crippen LogP contribution >= 0.6 is 0 Å². The van der Waals surface area contributed by atoms with Crippen LogP contribution in [0.3, 0.4) is 0 Å². The third kappa shape index (κ3) is 6.42. The van der Waals surface area contributed by atoms with Crippen molar-refractivity contribution in [2.75, 3.05) is 11.9 Å². The summed E-state index contributed by atoms with van der Waals surface area (Å²) in [5, 5.41) is 24.1. The smallest absolute Gasteiger partial charge is 0.308 e. The first kappa shape index (κ1) is 20.9. The number of aliphatic carboxylic acids is 1. The van der Waals surface area contributed by atoms with Gasteiger partial charge in [-0.2, -0.15) is 0 Å². The number of amides is 2. The normalized spacial score (nSPS) is 12.5. The average Bonchev–Trinajstić information content (AvgIpc) is 2.58. The molecule has 0 aliphatic heterocycles. The van der Waals surface area contributed by atoms with E-state index in [9.17, 15) is 19.5 Å². The molecule has 1 aromatic carbocycles. The number of hydrogen-bond donors (Lipinski definition) is 6. The zero-order valence-electron chi connectivity index (χ0n) is 14.8. The van der Waals surface area contributed by atoms with Gasteiger partial charge in [0.2, 0.25) is 5.91 Å². The number of benzene rings is 1. The van der Waals surface area contributed by atoms with Crippen molar-refractivity contribution in [2.24, 2.45) is 11.7 Å². The molecule has 0 saturated heterocycles. The van der Waals surface area contributed by atoms with E-state index < -0.39 is 29.7 Å². The van der Waals surface area contributed by atoms with E-state index >= 15 is 0 Å². The molecule has 0 radical (unpaired) electrons. The van der Waals surface area contributed by atoms with Gasteiger partial charge in [-0.25, -0.2) is 0 Å². The van der Waals surface area contributed by atoms with Crippen molar-refractivity contribution in [1.29, 1.82) is 5.41 Å². The molecule has 0 heterocycles. The Bertz CT molecular complexity index is 677. The number of nitrogens with one attached hydrogen (secondary N) is 4. The quantitative estimate of drug-likeness (QED) is 0.280. The van der Waals surface area contributed by atoms with Crippen molar-refractivity contribution in [3.8, 4) is 0 Å². The number of carbonyl (C=O) groups excluding carboxylic acids is 2. The van der Waals surface area contributed by atoms with Crippen molar-refractivity contribution in [1.82, 2.24) is 10.6 Å². The predicted molar refractivity (Wildman–Crippen MR) is 98.0 cm³/mol. The number of carboxylic acids is 1. The molecule has 0 saturated carbocycles. The zero-order valence-corrected chi connectivity index (χ0v) is 14.8. The molecule has 0 aliphatic rings. The minimum Gasteiger partial charge on any atom is -0.481 e. The van der Waals surface area contributed by atoms with Gasteiger partial charge in [-0.1, -0.05) is 19.9 Å². The molecule has 26 heavy (non-hydrogen) atoms. The third-order valence-electron chi connectivity index (χ3n) is 3.84. The maximum absolute atomic E-state index is 12.1. The Kier molecular flexibility index (Phi) is 8.07. The van der Waals surface area contributed by atoms with Gasteiger partial charge >= 0.3 is 5.97 Å². The van der Waals surface area contributed by atoms with Crippen molar-refractivity contribution < 1.29 is 19.5 Å². The van der Waals surface area contributed by atoms with Crippen LogP contribution in [0.25, 0.3) is 0 Å². The number of nitrogens with two attached hydrogens (primary N) is 1. The molecule has 0 aromatic heterocycles. The highest BCUT2D eigenvalue weighted by atomic mass is 16.4. The monoisotopic (exact) mass is 363 g/mol. The van der Waals surface area contributed by atoms with Gasteiger partial charge in [-0.05, 0) is 31.0 Å². The molecule has 142 valence electrons. The Balaban J connectivity index is 2.62. The SMILES string of the molecule is CCC(NC(=O)CNC(=O)c1cccc(NC(=N)N)c1)C(CC)C(=O)O. The Morgan fingerprint density at radius 1 is 1.23 bits per heavy atom. The van der Waals surface area contributed by atoms with Crippen molar-refractivity contribution >= 4 is 29.4 Å². The lowest BCUT2D eigenvalue weighted by atomic mass is 9.95. The lowest BCUT2D eigenvalue weighted by Crippen LogP contribution is -2.46. The standard InChI is InChI=1S/C17H25N5O4/c1-3-12(16(25)26)13(4-2)22-14(23)9-20-15(24)10-6-5-7-11(8-10)21-17(18)19/h5-8,12-13H,3-4,9H2,1-2H3,(H,20,24)(H,22,23)(H,25,26)(H4,18,19,21). The lowest BCUT2D eigenvalue weighted by Gasteiger charge is -2.23. The molecule has 0 spiro atoms. The Hall–Kier alpha value is -3.10. The second-order valence-corrected chi connectivity index (χ2v) is 5.74. The Morgan fingerprint density at radius 2 is 1.92 bits per heavy atom. The fraction of sp³-hybridized carbons (Fsp3) is 0.412. The highest BCUT2D eigenvalue weighted by Crippen LogP contribution is 2.12. The van der Waals surface area contributed by atoms with Crippen LogP contribution in [-0.2, 0) is 9.59 Å². The number of guanidine groups is 1. The van der Waals surface area contributed by atoms with E-state index in [1.807, 2.05) is 0 Å². The molecule has 2 atom stereocenters. The molecule has 1 aromatic rings. The van der Waals surface area contributed by atoms with Crippen LogP contribution in [0.5, 0.6) is 0 Å². The van der Waals surface area contributed by atoms with Crippen LogP contribution in [0, 0.1) is 11.3 Å². The zero-order chi connectivity index (χ0) is 19.7. The summed E-state index contributed by atoms with van der Waals surface area (Å²) in [5.74, 6) is -2.81. The van der Waals surface area contributed by atoms with Crippen LogP contribution in [0.1, 0.15) is 37.0 Å². The second-order valence-electron chi connectivity index (χ2n) is 5.74. The Morgan fingerprint density at radius 3 is 2.46 bits per heavy atom. The number of carboxylic acid groups (broad SMARTS) is 1. The first-order valence-electron chi connectivity index (χ1n) is 8.29. The van der Waals surface area contributed by atoms with Crippen LogP contribution < -0.4 is 21.7 Å². The van der Waals surface area contributed by atoms with Crippen LogP contribution in [0.2, 0.25) is 0 Å². The van der Waals surface area contributed by atoms with E-state index in [2.05, 4.69) is 16.0 Å². The van der Waals surface area contributed by atoms with E-state index in [1.165, 1.54) is 6.07 Å². The average molecular weight is 363 g/mol. The van der Waals surface area contributed by atoms with Gasteiger partial charge in [0, 0.05) is 17.3 Å². The minimum absolute atomic E-state index is 0.253. The number of anilines is 1. The third-order valence-corrected chi connectivity index (χ3v) is 3.84. The fourth-order valence-electron chi connectivity index (χ4n) is 2.53.